The van der Waals surface area contributed by atoms with Crippen LogP contribution in [0.25, 0.3) is 10.1 Å². The summed E-state index contributed by atoms with van der Waals surface area (Å²) in [6.45, 7) is 4.00. The summed E-state index contributed by atoms with van der Waals surface area (Å²) in [5, 5.41) is 4.88. The average molecular weight is 324 g/mol. The molecule has 0 atom stereocenters. The van der Waals surface area contributed by atoms with Gasteiger partial charge in [-0.15, -0.1) is 11.3 Å². The number of nitrogens with two attached hydrogens (primary N) is 1. The van der Waals surface area contributed by atoms with E-state index in [1.165, 1.54) is 23.5 Å². The van der Waals surface area contributed by atoms with Crippen molar-refractivity contribution in [3.05, 3.63) is 47.5 Å². The summed E-state index contributed by atoms with van der Waals surface area (Å²) in [6, 6.07) is 6.35. The van der Waals surface area contributed by atoms with Crippen molar-refractivity contribution < 1.29 is 4.39 Å². The van der Waals surface area contributed by atoms with E-state index in [0.717, 1.165) is 15.8 Å². The maximum atomic E-state index is 13.1. The van der Waals surface area contributed by atoms with Gasteiger partial charge in [-0.05, 0) is 24.3 Å². The van der Waals surface area contributed by atoms with E-state index in [-0.39, 0.29) is 5.02 Å². The molecular formula is C15H15ClFN3S. The Kier molecular flexibility index (Phi) is 4.98. The number of pyridine rings is 1. The molecule has 110 valence electrons. The number of hydrogen-bond acceptors (Lipinski definition) is 4. The minimum Gasteiger partial charge on any atom is -0.389 e. The van der Waals surface area contributed by atoms with Crippen molar-refractivity contribution in [3.8, 4) is 0 Å². The van der Waals surface area contributed by atoms with Gasteiger partial charge in [-0.25, -0.2) is 4.39 Å². The van der Waals surface area contributed by atoms with Crippen LogP contribution in [-0.4, -0.2) is 4.98 Å². The number of aromatic nitrogens is 1. The quantitative estimate of drug-likeness (QED) is 0.660. The lowest BCUT2D eigenvalue weighted by Gasteiger charge is -2.07. The molecule has 0 fully saturated rings. The highest BCUT2D eigenvalue weighted by molar-refractivity contribution is 7.23. The Morgan fingerprint density at radius 2 is 2.05 bits per heavy atom. The molecule has 1 aromatic carbocycles. The van der Waals surface area contributed by atoms with E-state index in [1.807, 2.05) is 19.9 Å². The molecule has 0 radical (unpaired) electrons. The minimum atomic E-state index is -0.445. The van der Waals surface area contributed by atoms with Crippen molar-refractivity contribution in [2.45, 2.75) is 13.8 Å². The topological polar surface area (TPSA) is 50.9 Å². The summed E-state index contributed by atoms with van der Waals surface area (Å²) in [5.41, 5.74) is 7.48. The third-order valence-electron chi connectivity index (χ3n) is 2.71. The Hall–Kier alpha value is -1.85. The van der Waals surface area contributed by atoms with Gasteiger partial charge in [0.05, 0.1) is 15.4 Å². The molecule has 0 aliphatic rings. The van der Waals surface area contributed by atoms with Crippen molar-refractivity contribution in [1.82, 2.24) is 4.98 Å². The Balaban J connectivity index is 0.000000774. The smallest absolute Gasteiger partial charge is 0.141 e. The van der Waals surface area contributed by atoms with Gasteiger partial charge < -0.3 is 11.1 Å². The molecule has 3 N–H and O–H groups in total. The second-order valence-electron chi connectivity index (χ2n) is 3.97. The second kappa shape index (κ2) is 6.74. The van der Waals surface area contributed by atoms with Crippen molar-refractivity contribution in [3.63, 3.8) is 0 Å². The Morgan fingerprint density at radius 1 is 1.29 bits per heavy atom. The Labute approximate surface area is 131 Å². The van der Waals surface area contributed by atoms with Crippen LogP contribution in [0.2, 0.25) is 5.02 Å². The zero-order valence-electron chi connectivity index (χ0n) is 11.7. The molecule has 0 bridgehead atoms. The van der Waals surface area contributed by atoms with Crippen LogP contribution in [0.15, 0.2) is 36.7 Å². The van der Waals surface area contributed by atoms with Gasteiger partial charge in [0.25, 0.3) is 0 Å². The maximum absolute atomic E-state index is 13.1. The zero-order valence-corrected chi connectivity index (χ0v) is 13.2. The fraction of sp³-hybridized carbons (Fsp3) is 0.133. The Morgan fingerprint density at radius 3 is 2.76 bits per heavy atom. The van der Waals surface area contributed by atoms with Crippen LogP contribution in [0.3, 0.4) is 0 Å². The molecule has 0 aliphatic heterocycles. The fourth-order valence-electron chi connectivity index (χ4n) is 1.82. The number of fused-ring (bicyclic) bond motifs is 1. The lowest BCUT2D eigenvalue weighted by Crippen LogP contribution is -1.93. The standard InChI is InChI=1S/C13H9ClFN3S.C2H6/c14-9-5-7(1-2-10(9)15)18-12-8-3-4-17-6-11(8)19-13(12)16;1-2/h1-6,18H,16H2;1-2H3. The molecule has 2 aromatic heterocycles. The van der Waals surface area contributed by atoms with E-state index in [1.54, 1.807) is 18.5 Å². The van der Waals surface area contributed by atoms with E-state index in [0.29, 0.717) is 10.7 Å². The molecule has 0 aliphatic carbocycles. The van der Waals surface area contributed by atoms with E-state index < -0.39 is 5.82 Å². The predicted octanol–water partition coefficient (Wildman–Crippen LogP) is 5.44. The van der Waals surface area contributed by atoms with Crippen LogP contribution in [0.1, 0.15) is 13.8 Å². The largest absolute Gasteiger partial charge is 0.389 e. The van der Waals surface area contributed by atoms with Crippen LogP contribution in [-0.2, 0) is 0 Å². The maximum Gasteiger partial charge on any atom is 0.141 e. The van der Waals surface area contributed by atoms with Gasteiger partial charge >= 0.3 is 0 Å². The third-order valence-corrected chi connectivity index (χ3v) is 3.97. The first-order valence-electron chi connectivity index (χ1n) is 6.49. The number of nitrogens with zero attached hydrogens (tertiary/aromatic N) is 1. The number of nitrogen functional groups attached to an aromatic ring is 1. The summed E-state index contributed by atoms with van der Waals surface area (Å²) < 4.78 is 14.1. The third kappa shape index (κ3) is 3.25. The number of hydrogen-bond donors (Lipinski definition) is 2. The number of benzene rings is 1. The Bertz CT molecular complexity index is 758. The number of anilines is 3. The van der Waals surface area contributed by atoms with E-state index in [2.05, 4.69) is 10.3 Å². The molecule has 3 nitrogen and oxygen atoms in total. The van der Waals surface area contributed by atoms with Gasteiger partial charge in [-0.1, -0.05) is 25.4 Å². The number of thiophene rings is 1. The van der Waals surface area contributed by atoms with Crippen LogP contribution < -0.4 is 11.1 Å². The summed E-state index contributed by atoms with van der Waals surface area (Å²) >= 11 is 7.21. The van der Waals surface area contributed by atoms with Crippen molar-refractivity contribution in [2.24, 2.45) is 0 Å². The van der Waals surface area contributed by atoms with Gasteiger partial charge in [0, 0.05) is 23.5 Å². The van der Waals surface area contributed by atoms with E-state index >= 15 is 0 Å². The molecule has 0 unspecified atom stereocenters. The number of rotatable bonds is 2. The molecule has 0 spiro atoms. The van der Waals surface area contributed by atoms with Crippen LogP contribution >= 0.6 is 22.9 Å². The highest BCUT2D eigenvalue weighted by atomic mass is 35.5. The SMILES string of the molecule is CC.Nc1sc2cnccc2c1Nc1ccc(F)c(Cl)c1. The molecule has 3 aromatic rings. The van der Waals surface area contributed by atoms with E-state index in [4.69, 9.17) is 17.3 Å². The van der Waals surface area contributed by atoms with Crippen LogP contribution in [0.5, 0.6) is 0 Å². The first kappa shape index (κ1) is 15.5. The monoisotopic (exact) mass is 323 g/mol. The molecule has 0 saturated carbocycles. The van der Waals surface area contributed by atoms with Crippen molar-refractivity contribution in [2.75, 3.05) is 11.1 Å². The molecule has 21 heavy (non-hydrogen) atoms. The zero-order chi connectivity index (χ0) is 15.4. The minimum absolute atomic E-state index is 0.0739. The summed E-state index contributed by atoms with van der Waals surface area (Å²) in [4.78, 5) is 4.06. The lowest BCUT2D eigenvalue weighted by atomic mass is 10.2. The van der Waals surface area contributed by atoms with Gasteiger partial charge in [0.2, 0.25) is 0 Å². The highest BCUT2D eigenvalue weighted by Gasteiger charge is 2.10. The first-order valence-corrected chi connectivity index (χ1v) is 7.68. The van der Waals surface area contributed by atoms with Gasteiger partial charge in [0.15, 0.2) is 0 Å². The normalized spacial score (nSPS) is 10.1. The number of halogens is 2. The molecule has 2 heterocycles. The molecule has 6 heteroatoms. The van der Waals surface area contributed by atoms with Crippen LogP contribution in [0.4, 0.5) is 20.8 Å². The fourth-order valence-corrected chi connectivity index (χ4v) is 2.89. The summed E-state index contributed by atoms with van der Waals surface area (Å²) in [7, 11) is 0. The highest BCUT2D eigenvalue weighted by Crippen LogP contribution is 2.39. The van der Waals surface area contributed by atoms with Crippen molar-refractivity contribution >= 4 is 49.4 Å². The second-order valence-corrected chi connectivity index (χ2v) is 5.46. The summed E-state index contributed by atoms with van der Waals surface area (Å²) in [5.74, 6) is -0.445. The lowest BCUT2D eigenvalue weighted by molar-refractivity contribution is 0.628. The van der Waals surface area contributed by atoms with Gasteiger partial charge in [-0.3, -0.25) is 4.98 Å². The molecule has 3 rings (SSSR count). The summed E-state index contributed by atoms with van der Waals surface area (Å²) in [6.07, 6.45) is 3.47. The predicted molar refractivity (Wildman–Crippen MR) is 90.1 cm³/mol. The first-order chi connectivity index (χ1) is 10.1. The van der Waals surface area contributed by atoms with E-state index in [9.17, 15) is 4.39 Å². The molecular weight excluding hydrogens is 309 g/mol. The van der Waals surface area contributed by atoms with Crippen molar-refractivity contribution in [1.29, 1.82) is 0 Å². The number of nitrogens with one attached hydrogen (secondary N) is 1. The molecule has 0 saturated heterocycles. The van der Waals surface area contributed by atoms with Crippen LogP contribution in [0, 0.1) is 5.82 Å². The van der Waals surface area contributed by atoms with Gasteiger partial charge in [-0.2, -0.15) is 0 Å². The van der Waals surface area contributed by atoms with Gasteiger partial charge in [0.1, 0.15) is 10.8 Å². The average Bonchev–Trinajstić information content (AvgIpc) is 2.81. The molecule has 0 amide bonds.